The van der Waals surface area contributed by atoms with Gasteiger partial charge in [-0.2, -0.15) is 0 Å². The topological polar surface area (TPSA) is 38.3 Å². The molecule has 3 nitrogen and oxygen atoms in total. The van der Waals surface area contributed by atoms with Crippen LogP contribution in [-0.2, 0) is 9.53 Å². The third kappa shape index (κ3) is 3.35. The molecule has 17 heavy (non-hydrogen) atoms. The minimum atomic E-state index is 0.000305. The van der Waals surface area contributed by atoms with Crippen molar-refractivity contribution in [2.75, 3.05) is 20.3 Å². The molecule has 0 heterocycles. The van der Waals surface area contributed by atoms with E-state index in [-0.39, 0.29) is 17.2 Å². The second kappa shape index (κ2) is 6.05. The molecule has 1 amide bonds. The second-order valence-corrected chi connectivity index (χ2v) is 6.03. The fourth-order valence-corrected chi connectivity index (χ4v) is 3.55. The summed E-state index contributed by atoms with van der Waals surface area (Å²) >= 11 is 6.01. The Morgan fingerprint density at radius 2 is 2.29 bits per heavy atom. The average molecular weight is 260 g/mol. The number of rotatable bonds is 6. The van der Waals surface area contributed by atoms with Gasteiger partial charge in [0.1, 0.15) is 0 Å². The number of carbonyl (C=O) groups is 1. The van der Waals surface area contributed by atoms with Gasteiger partial charge in [-0.25, -0.2) is 0 Å². The summed E-state index contributed by atoms with van der Waals surface area (Å²) in [4.78, 5) is 12.0. The molecule has 0 aromatic rings. The Morgan fingerprint density at radius 3 is 2.88 bits per heavy atom. The van der Waals surface area contributed by atoms with E-state index in [4.69, 9.17) is 16.3 Å². The Labute approximate surface area is 108 Å². The summed E-state index contributed by atoms with van der Waals surface area (Å²) in [5.41, 5.74) is 0. The van der Waals surface area contributed by atoms with Crippen LogP contribution in [0, 0.1) is 17.8 Å². The highest BCUT2D eigenvalue weighted by molar-refractivity contribution is 6.20. The lowest BCUT2D eigenvalue weighted by molar-refractivity contribution is -0.126. The Morgan fingerprint density at radius 1 is 1.47 bits per heavy atom. The van der Waals surface area contributed by atoms with Gasteiger partial charge in [0, 0.05) is 19.6 Å². The predicted octanol–water partition coefficient (Wildman–Crippen LogP) is 2.18. The second-order valence-electron chi connectivity index (χ2n) is 5.41. The van der Waals surface area contributed by atoms with Gasteiger partial charge in [0.25, 0.3) is 0 Å². The van der Waals surface area contributed by atoms with Gasteiger partial charge in [0.2, 0.25) is 5.91 Å². The van der Waals surface area contributed by atoms with Gasteiger partial charge in [-0.15, -0.1) is 11.6 Å². The van der Waals surface area contributed by atoms with E-state index in [0.29, 0.717) is 19.1 Å². The maximum absolute atomic E-state index is 12.0. The lowest BCUT2D eigenvalue weighted by Gasteiger charge is -2.21. The molecular weight excluding hydrogens is 238 g/mol. The van der Waals surface area contributed by atoms with Crippen LogP contribution in [0.2, 0.25) is 0 Å². The number of hydrogen-bond acceptors (Lipinski definition) is 2. The molecule has 2 bridgehead atoms. The summed E-state index contributed by atoms with van der Waals surface area (Å²) in [6, 6.07) is 0. The number of amides is 1. The summed E-state index contributed by atoms with van der Waals surface area (Å²) in [5.74, 6) is 2.01. The molecular formula is C13H22ClNO2. The molecule has 0 saturated heterocycles. The minimum absolute atomic E-state index is 0.000305. The average Bonchev–Trinajstić information content (AvgIpc) is 2.90. The Bertz CT molecular complexity index is 272. The van der Waals surface area contributed by atoms with Crippen molar-refractivity contribution in [2.45, 2.75) is 37.5 Å². The Kier molecular flexibility index (Phi) is 4.69. The maximum atomic E-state index is 12.0. The van der Waals surface area contributed by atoms with Crippen LogP contribution >= 0.6 is 11.6 Å². The molecule has 0 radical (unpaired) electrons. The zero-order chi connectivity index (χ0) is 12.3. The molecule has 0 aromatic carbocycles. The number of hydrogen-bond donors (Lipinski definition) is 1. The fourth-order valence-electron chi connectivity index (χ4n) is 3.31. The highest BCUT2D eigenvalue weighted by atomic mass is 35.5. The zero-order valence-electron chi connectivity index (χ0n) is 10.5. The predicted molar refractivity (Wildman–Crippen MR) is 68.1 cm³/mol. The van der Waals surface area contributed by atoms with Crippen molar-refractivity contribution in [2.24, 2.45) is 17.8 Å². The SMILES string of the molecule is COCC(Cl)CCNC(=O)C1CC2CCC1C2. The largest absolute Gasteiger partial charge is 0.383 e. The molecule has 0 aromatic heterocycles. The molecule has 98 valence electrons. The van der Waals surface area contributed by atoms with Crippen LogP contribution in [0.4, 0.5) is 0 Å². The molecule has 2 aliphatic rings. The number of methoxy groups -OCH3 is 1. The molecule has 2 saturated carbocycles. The summed E-state index contributed by atoms with van der Waals surface area (Å²) in [7, 11) is 1.64. The minimum Gasteiger partial charge on any atom is -0.383 e. The fraction of sp³-hybridized carbons (Fsp3) is 0.923. The van der Waals surface area contributed by atoms with Crippen molar-refractivity contribution in [1.29, 1.82) is 0 Å². The Hall–Kier alpha value is -0.280. The van der Waals surface area contributed by atoms with Gasteiger partial charge in [-0.1, -0.05) is 6.42 Å². The van der Waals surface area contributed by atoms with Gasteiger partial charge in [-0.05, 0) is 37.5 Å². The molecule has 2 fully saturated rings. The smallest absolute Gasteiger partial charge is 0.223 e. The first kappa shape index (κ1) is 13.2. The molecule has 0 aliphatic heterocycles. The number of fused-ring (bicyclic) bond motifs is 2. The first-order valence-corrected chi connectivity index (χ1v) is 7.05. The molecule has 0 spiro atoms. The lowest BCUT2D eigenvalue weighted by atomic mass is 9.88. The lowest BCUT2D eigenvalue weighted by Crippen LogP contribution is -2.35. The zero-order valence-corrected chi connectivity index (χ0v) is 11.2. The van der Waals surface area contributed by atoms with Crippen LogP contribution in [0.5, 0.6) is 0 Å². The van der Waals surface area contributed by atoms with Crippen molar-refractivity contribution < 1.29 is 9.53 Å². The van der Waals surface area contributed by atoms with Crippen molar-refractivity contribution in [1.82, 2.24) is 5.32 Å². The van der Waals surface area contributed by atoms with Crippen LogP contribution in [0.25, 0.3) is 0 Å². The first-order valence-electron chi connectivity index (χ1n) is 6.61. The molecule has 1 N–H and O–H groups in total. The highest BCUT2D eigenvalue weighted by Crippen LogP contribution is 2.48. The number of carbonyl (C=O) groups excluding carboxylic acids is 1. The van der Waals surface area contributed by atoms with E-state index in [9.17, 15) is 4.79 Å². The van der Waals surface area contributed by atoms with E-state index in [2.05, 4.69) is 5.32 Å². The summed E-state index contributed by atoms with van der Waals surface area (Å²) in [5, 5.41) is 3.02. The van der Waals surface area contributed by atoms with Gasteiger partial charge in [-0.3, -0.25) is 4.79 Å². The van der Waals surface area contributed by atoms with E-state index in [0.717, 1.165) is 18.8 Å². The van der Waals surface area contributed by atoms with E-state index in [1.165, 1.54) is 19.3 Å². The summed E-state index contributed by atoms with van der Waals surface area (Å²) < 4.78 is 4.96. The van der Waals surface area contributed by atoms with Crippen LogP contribution in [0.1, 0.15) is 32.1 Å². The summed E-state index contributed by atoms with van der Waals surface area (Å²) in [6.45, 7) is 1.22. The van der Waals surface area contributed by atoms with Gasteiger partial charge in [0.05, 0.1) is 12.0 Å². The quantitative estimate of drug-likeness (QED) is 0.743. The molecule has 4 heteroatoms. The van der Waals surface area contributed by atoms with Crippen LogP contribution < -0.4 is 5.32 Å². The van der Waals surface area contributed by atoms with Crippen LogP contribution in [-0.4, -0.2) is 31.5 Å². The van der Waals surface area contributed by atoms with E-state index in [1.54, 1.807) is 7.11 Å². The molecule has 2 rings (SSSR count). The van der Waals surface area contributed by atoms with Crippen molar-refractivity contribution >= 4 is 17.5 Å². The maximum Gasteiger partial charge on any atom is 0.223 e. The van der Waals surface area contributed by atoms with Crippen molar-refractivity contribution in [3.63, 3.8) is 0 Å². The number of ether oxygens (including phenoxy) is 1. The number of alkyl halides is 1. The van der Waals surface area contributed by atoms with Crippen LogP contribution in [0.3, 0.4) is 0 Å². The summed E-state index contributed by atoms with van der Waals surface area (Å²) in [6.07, 6.45) is 5.76. The van der Waals surface area contributed by atoms with Crippen LogP contribution in [0.15, 0.2) is 0 Å². The van der Waals surface area contributed by atoms with E-state index in [1.807, 2.05) is 0 Å². The van der Waals surface area contributed by atoms with Gasteiger partial charge in [0.15, 0.2) is 0 Å². The number of nitrogens with one attached hydrogen (secondary N) is 1. The van der Waals surface area contributed by atoms with Crippen molar-refractivity contribution in [3.05, 3.63) is 0 Å². The molecule has 2 aliphatic carbocycles. The van der Waals surface area contributed by atoms with E-state index < -0.39 is 0 Å². The normalized spacial score (nSPS) is 32.7. The first-order chi connectivity index (χ1) is 8.20. The van der Waals surface area contributed by atoms with Crippen molar-refractivity contribution in [3.8, 4) is 0 Å². The van der Waals surface area contributed by atoms with E-state index >= 15 is 0 Å². The third-order valence-corrected chi connectivity index (χ3v) is 4.52. The molecule has 4 unspecified atom stereocenters. The van der Waals surface area contributed by atoms with Gasteiger partial charge < -0.3 is 10.1 Å². The monoisotopic (exact) mass is 259 g/mol. The standard InChI is InChI=1S/C13H22ClNO2/c1-17-8-11(14)4-5-15-13(16)12-7-9-2-3-10(12)6-9/h9-12H,2-8H2,1H3,(H,15,16). The Balaban J connectivity index is 1.64. The highest BCUT2D eigenvalue weighted by Gasteiger charge is 2.42. The molecule has 4 atom stereocenters. The third-order valence-electron chi connectivity index (χ3n) is 4.18. The van der Waals surface area contributed by atoms with Gasteiger partial charge >= 0.3 is 0 Å². The number of halogens is 1.